The van der Waals surface area contributed by atoms with Crippen molar-refractivity contribution < 1.29 is 8.42 Å². The minimum Gasteiger partial charge on any atom is -0.364 e. The Kier molecular flexibility index (Phi) is 4.98. The highest BCUT2D eigenvalue weighted by atomic mass is 79.9. The second-order valence-corrected chi connectivity index (χ2v) is 7.13. The van der Waals surface area contributed by atoms with Crippen molar-refractivity contribution in [2.75, 3.05) is 13.1 Å². The first kappa shape index (κ1) is 15.2. The van der Waals surface area contributed by atoms with Gasteiger partial charge in [-0.1, -0.05) is 15.9 Å². The monoisotopic (exact) mass is 357 g/mol. The summed E-state index contributed by atoms with van der Waals surface area (Å²) in [6.07, 6.45) is 1.77. The number of H-pyrrole nitrogens is 1. The Morgan fingerprint density at radius 2 is 1.90 bits per heavy atom. The van der Waals surface area contributed by atoms with Gasteiger partial charge in [0, 0.05) is 29.5 Å². The predicted octanol–water partition coefficient (Wildman–Crippen LogP) is 1.93. The van der Waals surface area contributed by atoms with E-state index in [1.807, 2.05) is 12.1 Å². The predicted molar refractivity (Wildman–Crippen MR) is 81.6 cm³/mol. The van der Waals surface area contributed by atoms with Crippen LogP contribution >= 0.6 is 15.9 Å². The van der Waals surface area contributed by atoms with Crippen LogP contribution in [0.25, 0.3) is 0 Å². The van der Waals surface area contributed by atoms with E-state index in [4.69, 9.17) is 5.73 Å². The number of sulfonamides is 1. The molecule has 0 spiro atoms. The standard InChI is InChI=1S/C13H16BrN3O2S/c14-11-3-5-13(6-4-11)20(18,19)17(9-7-15)10-12-2-1-8-16-12/h1-6,8,16H,7,9-10,15H2. The molecule has 0 saturated carbocycles. The number of nitrogens with two attached hydrogens (primary N) is 1. The van der Waals surface area contributed by atoms with Gasteiger partial charge in [0.15, 0.2) is 0 Å². The maximum absolute atomic E-state index is 12.6. The molecule has 20 heavy (non-hydrogen) atoms. The fourth-order valence-electron chi connectivity index (χ4n) is 1.84. The van der Waals surface area contributed by atoms with Gasteiger partial charge < -0.3 is 10.7 Å². The van der Waals surface area contributed by atoms with Gasteiger partial charge in [0.2, 0.25) is 10.0 Å². The first-order chi connectivity index (χ1) is 9.54. The summed E-state index contributed by atoms with van der Waals surface area (Å²) < 4.78 is 27.4. The van der Waals surface area contributed by atoms with Gasteiger partial charge in [-0.3, -0.25) is 0 Å². The van der Waals surface area contributed by atoms with Crippen molar-refractivity contribution in [3.63, 3.8) is 0 Å². The maximum Gasteiger partial charge on any atom is 0.243 e. The Morgan fingerprint density at radius 1 is 1.20 bits per heavy atom. The van der Waals surface area contributed by atoms with Gasteiger partial charge in [0.25, 0.3) is 0 Å². The lowest BCUT2D eigenvalue weighted by molar-refractivity contribution is 0.410. The van der Waals surface area contributed by atoms with E-state index in [9.17, 15) is 8.42 Å². The molecule has 0 amide bonds. The Morgan fingerprint density at radius 3 is 2.45 bits per heavy atom. The van der Waals surface area contributed by atoms with Crippen molar-refractivity contribution >= 4 is 26.0 Å². The van der Waals surface area contributed by atoms with Crippen LogP contribution in [0.2, 0.25) is 0 Å². The molecule has 1 aromatic heterocycles. The van der Waals surface area contributed by atoms with Crippen molar-refractivity contribution in [3.8, 4) is 0 Å². The molecule has 0 unspecified atom stereocenters. The van der Waals surface area contributed by atoms with Gasteiger partial charge in [-0.25, -0.2) is 8.42 Å². The number of aromatic nitrogens is 1. The normalized spacial score (nSPS) is 11.9. The smallest absolute Gasteiger partial charge is 0.243 e. The first-order valence-electron chi connectivity index (χ1n) is 6.12. The second kappa shape index (κ2) is 6.53. The van der Waals surface area contributed by atoms with Crippen LogP contribution in [0.5, 0.6) is 0 Å². The number of benzene rings is 1. The summed E-state index contributed by atoms with van der Waals surface area (Å²) in [4.78, 5) is 3.27. The lowest BCUT2D eigenvalue weighted by atomic mass is 10.4. The van der Waals surface area contributed by atoms with E-state index in [-0.39, 0.29) is 24.5 Å². The number of nitrogens with one attached hydrogen (secondary N) is 1. The minimum absolute atomic E-state index is 0.265. The zero-order chi connectivity index (χ0) is 14.6. The third kappa shape index (κ3) is 3.49. The zero-order valence-corrected chi connectivity index (χ0v) is 13.2. The van der Waals surface area contributed by atoms with Crippen molar-refractivity contribution in [1.82, 2.24) is 9.29 Å². The summed E-state index contributed by atoms with van der Waals surface area (Å²) in [7, 11) is -3.54. The maximum atomic E-state index is 12.6. The molecule has 0 aliphatic heterocycles. The summed E-state index contributed by atoms with van der Waals surface area (Å²) in [6.45, 7) is 0.830. The highest BCUT2D eigenvalue weighted by molar-refractivity contribution is 9.10. The molecule has 0 aliphatic carbocycles. The number of hydrogen-bond donors (Lipinski definition) is 2. The molecule has 1 aromatic carbocycles. The fraction of sp³-hybridized carbons (Fsp3) is 0.231. The number of nitrogens with zero attached hydrogens (tertiary/aromatic N) is 1. The molecule has 3 N–H and O–H groups in total. The molecular weight excluding hydrogens is 342 g/mol. The molecule has 7 heteroatoms. The Labute approximate surface area is 127 Å². The van der Waals surface area contributed by atoms with Crippen LogP contribution in [0.3, 0.4) is 0 Å². The van der Waals surface area contributed by atoms with E-state index in [0.717, 1.165) is 10.2 Å². The summed E-state index contributed by atoms with van der Waals surface area (Å²) >= 11 is 3.30. The molecule has 0 fully saturated rings. The third-order valence-corrected chi connectivity index (χ3v) is 5.23. The fourth-order valence-corrected chi connectivity index (χ4v) is 3.54. The van der Waals surface area contributed by atoms with E-state index in [1.165, 1.54) is 4.31 Å². The summed E-state index contributed by atoms with van der Waals surface area (Å²) in [5.41, 5.74) is 6.37. The van der Waals surface area contributed by atoms with E-state index in [2.05, 4.69) is 20.9 Å². The highest BCUT2D eigenvalue weighted by Crippen LogP contribution is 2.20. The quantitative estimate of drug-likeness (QED) is 0.828. The lowest BCUT2D eigenvalue weighted by Gasteiger charge is -2.21. The summed E-state index contributed by atoms with van der Waals surface area (Å²) in [6, 6.07) is 10.3. The van der Waals surface area contributed by atoms with Crippen molar-refractivity contribution in [3.05, 3.63) is 52.8 Å². The molecule has 2 rings (SSSR count). The van der Waals surface area contributed by atoms with E-state index in [1.54, 1.807) is 30.5 Å². The zero-order valence-electron chi connectivity index (χ0n) is 10.8. The van der Waals surface area contributed by atoms with Gasteiger partial charge in [0.1, 0.15) is 0 Å². The average molecular weight is 358 g/mol. The molecule has 0 aliphatic rings. The minimum atomic E-state index is -3.54. The van der Waals surface area contributed by atoms with Crippen LogP contribution in [0.4, 0.5) is 0 Å². The van der Waals surface area contributed by atoms with Crippen LogP contribution < -0.4 is 5.73 Å². The Balaban J connectivity index is 2.29. The molecule has 1 heterocycles. The van der Waals surface area contributed by atoms with Crippen molar-refractivity contribution in [1.29, 1.82) is 0 Å². The average Bonchev–Trinajstić information content (AvgIpc) is 2.92. The SMILES string of the molecule is NCCN(Cc1ccc[nH]1)S(=O)(=O)c1ccc(Br)cc1. The molecule has 2 aromatic rings. The first-order valence-corrected chi connectivity index (χ1v) is 8.35. The molecule has 5 nitrogen and oxygen atoms in total. The van der Waals surface area contributed by atoms with Crippen LogP contribution in [0, 0.1) is 0 Å². The van der Waals surface area contributed by atoms with E-state index < -0.39 is 10.0 Å². The van der Waals surface area contributed by atoms with Gasteiger partial charge in [-0.2, -0.15) is 4.31 Å². The number of aromatic amines is 1. The summed E-state index contributed by atoms with van der Waals surface area (Å²) in [5, 5.41) is 0. The van der Waals surface area contributed by atoms with Crippen LogP contribution in [0.1, 0.15) is 5.69 Å². The van der Waals surface area contributed by atoms with Crippen LogP contribution in [-0.2, 0) is 16.6 Å². The molecule has 108 valence electrons. The van der Waals surface area contributed by atoms with E-state index in [0.29, 0.717) is 0 Å². The molecule has 0 bridgehead atoms. The van der Waals surface area contributed by atoms with Crippen LogP contribution in [-0.4, -0.2) is 30.8 Å². The van der Waals surface area contributed by atoms with E-state index >= 15 is 0 Å². The number of hydrogen-bond acceptors (Lipinski definition) is 3. The second-order valence-electron chi connectivity index (χ2n) is 4.28. The molecular formula is C13H16BrN3O2S. The molecule has 0 atom stereocenters. The summed E-state index contributed by atoms with van der Waals surface area (Å²) in [5.74, 6) is 0. The van der Waals surface area contributed by atoms with Gasteiger partial charge >= 0.3 is 0 Å². The third-order valence-electron chi connectivity index (χ3n) is 2.84. The number of halogens is 1. The lowest BCUT2D eigenvalue weighted by Crippen LogP contribution is -2.35. The molecule has 0 radical (unpaired) electrons. The van der Waals surface area contributed by atoms with Gasteiger partial charge in [-0.05, 0) is 36.4 Å². The highest BCUT2D eigenvalue weighted by Gasteiger charge is 2.24. The Hall–Kier alpha value is -1.15. The van der Waals surface area contributed by atoms with Crippen molar-refractivity contribution in [2.45, 2.75) is 11.4 Å². The molecule has 0 saturated heterocycles. The largest absolute Gasteiger partial charge is 0.364 e. The van der Waals surface area contributed by atoms with Crippen molar-refractivity contribution in [2.24, 2.45) is 5.73 Å². The Bertz CT molecular complexity index is 639. The van der Waals surface area contributed by atoms with Crippen LogP contribution in [0.15, 0.2) is 52.0 Å². The van der Waals surface area contributed by atoms with Gasteiger partial charge in [0.05, 0.1) is 11.4 Å². The number of rotatable bonds is 6. The van der Waals surface area contributed by atoms with Gasteiger partial charge in [-0.15, -0.1) is 0 Å². The topological polar surface area (TPSA) is 79.2 Å².